The highest BCUT2D eigenvalue weighted by molar-refractivity contribution is 5.77. The molecule has 0 aliphatic heterocycles. The summed E-state index contributed by atoms with van der Waals surface area (Å²) < 4.78 is 10.1. The van der Waals surface area contributed by atoms with Crippen LogP contribution in [0.15, 0.2) is 51.9 Å². The minimum Gasteiger partial charge on any atom is -0.477 e. The van der Waals surface area contributed by atoms with Crippen molar-refractivity contribution in [2.75, 3.05) is 13.2 Å². The minimum absolute atomic E-state index is 0.0598. The molecule has 2 rings (SSSR count). The first-order valence-corrected chi connectivity index (χ1v) is 6.85. The SMILES string of the molecule is O=C(COc1coc(CO)cc1=O)NCCc1ccccc1. The van der Waals surface area contributed by atoms with Crippen LogP contribution in [-0.4, -0.2) is 24.2 Å². The van der Waals surface area contributed by atoms with E-state index < -0.39 is 5.43 Å². The molecule has 6 heteroatoms. The lowest BCUT2D eigenvalue weighted by atomic mass is 10.1. The molecule has 1 aromatic carbocycles. The molecule has 0 aliphatic rings. The summed E-state index contributed by atoms with van der Waals surface area (Å²) in [7, 11) is 0. The average molecular weight is 303 g/mol. The molecule has 0 spiro atoms. The molecule has 116 valence electrons. The van der Waals surface area contributed by atoms with Crippen LogP contribution < -0.4 is 15.5 Å². The lowest BCUT2D eigenvalue weighted by Gasteiger charge is -2.07. The molecule has 0 fully saturated rings. The monoisotopic (exact) mass is 303 g/mol. The van der Waals surface area contributed by atoms with Crippen LogP contribution in [0, 0.1) is 0 Å². The maximum atomic E-state index is 11.6. The molecule has 1 heterocycles. The predicted octanol–water partition coefficient (Wildman–Crippen LogP) is 0.870. The van der Waals surface area contributed by atoms with Crippen LogP contribution in [0.25, 0.3) is 0 Å². The molecule has 0 saturated heterocycles. The van der Waals surface area contributed by atoms with E-state index in [1.807, 2.05) is 30.3 Å². The topological polar surface area (TPSA) is 88.8 Å². The fraction of sp³-hybridized carbons (Fsp3) is 0.250. The largest absolute Gasteiger partial charge is 0.477 e. The van der Waals surface area contributed by atoms with Crippen molar-refractivity contribution in [1.29, 1.82) is 0 Å². The van der Waals surface area contributed by atoms with Gasteiger partial charge in [-0.15, -0.1) is 0 Å². The molecule has 0 saturated carbocycles. The van der Waals surface area contributed by atoms with Gasteiger partial charge in [0.2, 0.25) is 11.2 Å². The zero-order valence-corrected chi connectivity index (χ0v) is 12.0. The summed E-state index contributed by atoms with van der Waals surface area (Å²) in [5.41, 5.74) is 0.691. The number of carbonyl (C=O) groups excluding carboxylic acids is 1. The van der Waals surface area contributed by atoms with Gasteiger partial charge < -0.3 is 19.6 Å². The van der Waals surface area contributed by atoms with Gasteiger partial charge in [0.05, 0.1) is 0 Å². The number of rotatable bonds is 7. The van der Waals surface area contributed by atoms with Crippen LogP contribution in [0.1, 0.15) is 11.3 Å². The summed E-state index contributed by atoms with van der Waals surface area (Å²) in [6.45, 7) is -0.141. The molecule has 22 heavy (non-hydrogen) atoms. The average Bonchev–Trinajstić information content (AvgIpc) is 2.54. The third kappa shape index (κ3) is 4.75. The van der Waals surface area contributed by atoms with E-state index in [9.17, 15) is 9.59 Å². The van der Waals surface area contributed by atoms with Crippen LogP contribution in [-0.2, 0) is 17.8 Å². The third-order valence-corrected chi connectivity index (χ3v) is 2.95. The Kier molecular flexibility index (Phi) is 5.73. The Morgan fingerprint density at radius 2 is 2.05 bits per heavy atom. The van der Waals surface area contributed by atoms with Gasteiger partial charge in [-0.3, -0.25) is 9.59 Å². The van der Waals surface area contributed by atoms with E-state index in [1.165, 1.54) is 0 Å². The number of nitrogens with one attached hydrogen (secondary N) is 1. The fourth-order valence-corrected chi connectivity index (χ4v) is 1.81. The quantitative estimate of drug-likeness (QED) is 0.792. The second-order valence-electron chi connectivity index (χ2n) is 4.61. The van der Waals surface area contributed by atoms with Crippen molar-refractivity contribution in [3.63, 3.8) is 0 Å². The predicted molar refractivity (Wildman–Crippen MR) is 79.6 cm³/mol. The number of aliphatic hydroxyl groups excluding tert-OH is 1. The lowest BCUT2D eigenvalue weighted by Crippen LogP contribution is -2.31. The molecule has 1 amide bonds. The van der Waals surface area contributed by atoms with Crippen LogP contribution in [0.5, 0.6) is 5.75 Å². The number of benzene rings is 1. The molecule has 0 atom stereocenters. The first kappa shape index (κ1) is 15.8. The van der Waals surface area contributed by atoms with Gasteiger partial charge in [-0.25, -0.2) is 0 Å². The van der Waals surface area contributed by atoms with Gasteiger partial charge in [-0.2, -0.15) is 0 Å². The number of carbonyl (C=O) groups is 1. The minimum atomic E-state index is -0.438. The molecule has 0 unspecified atom stereocenters. The van der Waals surface area contributed by atoms with Gasteiger partial charge in [0, 0.05) is 12.6 Å². The highest BCUT2D eigenvalue weighted by Crippen LogP contribution is 2.05. The van der Waals surface area contributed by atoms with E-state index in [2.05, 4.69) is 5.32 Å². The van der Waals surface area contributed by atoms with Gasteiger partial charge in [0.1, 0.15) is 18.6 Å². The van der Waals surface area contributed by atoms with Crippen molar-refractivity contribution < 1.29 is 19.1 Å². The zero-order chi connectivity index (χ0) is 15.8. The van der Waals surface area contributed by atoms with E-state index in [-0.39, 0.29) is 30.6 Å². The molecular weight excluding hydrogens is 286 g/mol. The number of aliphatic hydroxyl groups is 1. The van der Waals surface area contributed by atoms with Crippen molar-refractivity contribution in [3.05, 3.63) is 64.2 Å². The van der Waals surface area contributed by atoms with Gasteiger partial charge in [0.15, 0.2) is 6.61 Å². The molecule has 1 aromatic heterocycles. The third-order valence-electron chi connectivity index (χ3n) is 2.95. The first-order valence-electron chi connectivity index (χ1n) is 6.85. The molecule has 6 nitrogen and oxygen atoms in total. The molecule has 2 N–H and O–H groups in total. The van der Waals surface area contributed by atoms with E-state index in [4.69, 9.17) is 14.3 Å². The van der Waals surface area contributed by atoms with Crippen LogP contribution in [0.2, 0.25) is 0 Å². The maximum Gasteiger partial charge on any atom is 0.257 e. The Bertz CT molecular complexity index is 666. The standard InChI is InChI=1S/C16H17NO5/c18-9-13-8-14(19)15(10-21-13)22-11-16(20)17-7-6-12-4-2-1-3-5-12/h1-5,8,10,18H,6-7,9,11H2,(H,17,20). The van der Waals surface area contributed by atoms with Crippen molar-refractivity contribution in [2.45, 2.75) is 13.0 Å². The Labute approximate surface area is 127 Å². The summed E-state index contributed by atoms with van der Waals surface area (Å²) in [6, 6.07) is 10.9. The molecule has 0 bridgehead atoms. The van der Waals surface area contributed by atoms with Gasteiger partial charge in [-0.05, 0) is 12.0 Å². The maximum absolute atomic E-state index is 11.6. The van der Waals surface area contributed by atoms with E-state index in [0.29, 0.717) is 6.54 Å². The van der Waals surface area contributed by atoms with Gasteiger partial charge in [-0.1, -0.05) is 30.3 Å². The van der Waals surface area contributed by atoms with Crippen molar-refractivity contribution in [3.8, 4) is 5.75 Å². The Hall–Kier alpha value is -2.60. The highest BCUT2D eigenvalue weighted by atomic mass is 16.5. The number of hydrogen-bond donors (Lipinski definition) is 2. The number of ether oxygens (including phenoxy) is 1. The second-order valence-corrected chi connectivity index (χ2v) is 4.61. The summed E-state index contributed by atoms with van der Waals surface area (Å²) in [5.74, 6) is -0.235. The summed E-state index contributed by atoms with van der Waals surface area (Å²) >= 11 is 0. The lowest BCUT2D eigenvalue weighted by molar-refractivity contribution is -0.123. The summed E-state index contributed by atoms with van der Waals surface area (Å²) in [5, 5.41) is 11.5. The van der Waals surface area contributed by atoms with Crippen LogP contribution in [0.3, 0.4) is 0 Å². The fourth-order valence-electron chi connectivity index (χ4n) is 1.81. The normalized spacial score (nSPS) is 10.2. The van der Waals surface area contributed by atoms with Crippen molar-refractivity contribution in [2.24, 2.45) is 0 Å². The van der Waals surface area contributed by atoms with Crippen LogP contribution >= 0.6 is 0 Å². The Morgan fingerprint density at radius 1 is 1.27 bits per heavy atom. The highest BCUT2D eigenvalue weighted by Gasteiger charge is 2.07. The van der Waals surface area contributed by atoms with Crippen molar-refractivity contribution >= 4 is 5.91 Å². The van der Waals surface area contributed by atoms with E-state index >= 15 is 0 Å². The second kappa shape index (κ2) is 7.99. The van der Waals surface area contributed by atoms with E-state index in [0.717, 1.165) is 24.3 Å². The zero-order valence-electron chi connectivity index (χ0n) is 12.0. The summed E-state index contributed by atoms with van der Waals surface area (Å²) in [4.78, 5) is 23.2. The van der Waals surface area contributed by atoms with Gasteiger partial charge >= 0.3 is 0 Å². The Balaban J connectivity index is 1.75. The Morgan fingerprint density at radius 3 is 2.73 bits per heavy atom. The summed E-state index contributed by atoms with van der Waals surface area (Å²) in [6.07, 6.45) is 1.81. The van der Waals surface area contributed by atoms with Crippen LogP contribution in [0.4, 0.5) is 0 Å². The van der Waals surface area contributed by atoms with Gasteiger partial charge in [0.25, 0.3) is 5.91 Å². The molecule has 0 radical (unpaired) electrons. The van der Waals surface area contributed by atoms with Crippen molar-refractivity contribution in [1.82, 2.24) is 5.32 Å². The smallest absolute Gasteiger partial charge is 0.257 e. The first-order chi connectivity index (χ1) is 10.7. The molecule has 2 aromatic rings. The number of hydrogen-bond acceptors (Lipinski definition) is 5. The van der Waals surface area contributed by atoms with E-state index in [1.54, 1.807) is 0 Å². The molecule has 0 aliphatic carbocycles. The number of amides is 1. The molecular formula is C16H17NO5.